The van der Waals surface area contributed by atoms with E-state index in [0.717, 1.165) is 0 Å². The summed E-state index contributed by atoms with van der Waals surface area (Å²) >= 11 is 0. The van der Waals surface area contributed by atoms with Gasteiger partial charge in [-0.1, -0.05) is 47.6 Å². The highest BCUT2D eigenvalue weighted by atomic mass is 28.4. The third-order valence-electron chi connectivity index (χ3n) is 8.01. The predicted octanol–water partition coefficient (Wildman–Crippen LogP) is 6.78. The largest absolute Gasteiger partial charge is 0.459 e. The van der Waals surface area contributed by atoms with Gasteiger partial charge in [0.05, 0.1) is 24.5 Å². The smallest absolute Gasteiger partial charge is 0.336 e. The minimum Gasteiger partial charge on any atom is -0.459 e. The minimum atomic E-state index is -2.26. The molecule has 34 heavy (non-hydrogen) atoms. The molecule has 0 spiro atoms. The van der Waals surface area contributed by atoms with Crippen LogP contribution in [0.2, 0.25) is 36.3 Å². The van der Waals surface area contributed by atoms with Crippen molar-refractivity contribution in [2.24, 2.45) is 5.92 Å². The molecule has 1 aliphatic carbocycles. The molecule has 0 aromatic carbocycles. The first kappa shape index (κ1) is 31.5. The van der Waals surface area contributed by atoms with E-state index in [4.69, 9.17) is 13.6 Å². The van der Waals surface area contributed by atoms with Gasteiger partial charge in [-0.25, -0.2) is 4.79 Å². The summed E-state index contributed by atoms with van der Waals surface area (Å²) in [5.74, 6) is -0.727. The average molecular weight is 519 g/mol. The number of rotatable bonds is 11. The molecule has 5 nitrogen and oxygen atoms in total. The molecule has 0 aliphatic heterocycles. The summed E-state index contributed by atoms with van der Waals surface area (Å²) in [7, 11) is -4.11. The number of alkyl halides is 1. The summed E-state index contributed by atoms with van der Waals surface area (Å²) in [5, 5.41) is 10.8. The molecule has 8 heteroatoms. The second kappa shape index (κ2) is 12.1. The van der Waals surface area contributed by atoms with Gasteiger partial charge in [-0.3, -0.25) is 4.39 Å². The number of aliphatic hydroxyl groups is 1. The lowest BCUT2D eigenvalue weighted by atomic mass is 9.81. The van der Waals surface area contributed by atoms with Gasteiger partial charge in [0.25, 0.3) is 0 Å². The molecule has 0 saturated heterocycles. The summed E-state index contributed by atoms with van der Waals surface area (Å²) in [6.45, 7) is 23.7. The predicted molar refractivity (Wildman–Crippen MR) is 143 cm³/mol. The number of carbonyl (C=O) groups is 1. The lowest BCUT2D eigenvalue weighted by Gasteiger charge is -2.44. The lowest BCUT2D eigenvalue weighted by molar-refractivity contribution is -0.146. The molecule has 4 atom stereocenters. The number of carbonyl (C=O) groups excluding carboxylic acids is 1. The van der Waals surface area contributed by atoms with E-state index in [1.54, 1.807) is 6.08 Å². The Morgan fingerprint density at radius 2 is 1.68 bits per heavy atom. The van der Waals surface area contributed by atoms with Gasteiger partial charge < -0.3 is 18.7 Å². The Kier molecular flexibility index (Phi) is 11.2. The molecule has 0 aromatic rings. The van der Waals surface area contributed by atoms with Crippen molar-refractivity contribution in [3.63, 3.8) is 0 Å². The van der Waals surface area contributed by atoms with Gasteiger partial charge in [-0.2, -0.15) is 0 Å². The van der Waals surface area contributed by atoms with E-state index in [-0.39, 0.29) is 22.1 Å². The first-order valence-electron chi connectivity index (χ1n) is 12.8. The summed E-state index contributed by atoms with van der Waals surface area (Å²) in [6, 6.07) is 0. The van der Waals surface area contributed by atoms with Crippen LogP contribution in [0.25, 0.3) is 0 Å². The van der Waals surface area contributed by atoms with Crippen LogP contribution >= 0.6 is 0 Å². The third-order valence-corrected chi connectivity index (χ3v) is 17.0. The van der Waals surface area contributed by atoms with Gasteiger partial charge in [0.2, 0.25) is 0 Å². The molecule has 1 aliphatic rings. The van der Waals surface area contributed by atoms with E-state index < -0.39 is 41.5 Å². The number of esters is 1. The van der Waals surface area contributed by atoms with Crippen LogP contribution in [0.4, 0.5) is 4.39 Å². The van der Waals surface area contributed by atoms with Crippen LogP contribution in [0.1, 0.15) is 74.1 Å². The highest BCUT2D eigenvalue weighted by Gasteiger charge is 2.46. The molecule has 0 saturated carbocycles. The highest BCUT2D eigenvalue weighted by molar-refractivity contribution is 6.74. The number of aliphatic hydroxyl groups excluding tert-OH is 1. The molecule has 0 fully saturated rings. The van der Waals surface area contributed by atoms with Crippen LogP contribution in [0, 0.1) is 5.92 Å². The first-order chi connectivity index (χ1) is 15.3. The number of ether oxygens (including phenoxy) is 1. The van der Waals surface area contributed by atoms with Crippen LogP contribution < -0.4 is 0 Å². The molecule has 200 valence electrons. The minimum absolute atomic E-state index is 0.0660. The normalized spacial score (nSPS) is 23.4. The molecule has 0 amide bonds. The van der Waals surface area contributed by atoms with E-state index in [1.165, 1.54) is 0 Å². The Hall–Kier alpha value is -0.546. The molecule has 1 N–H and O–H groups in total. The van der Waals surface area contributed by atoms with Gasteiger partial charge in [0.1, 0.15) is 6.10 Å². The van der Waals surface area contributed by atoms with Crippen LogP contribution in [0.5, 0.6) is 0 Å². The van der Waals surface area contributed by atoms with E-state index in [0.29, 0.717) is 37.9 Å². The van der Waals surface area contributed by atoms with Crippen molar-refractivity contribution in [2.75, 3.05) is 13.3 Å². The second-order valence-corrected chi connectivity index (χ2v) is 22.4. The van der Waals surface area contributed by atoms with Crippen LogP contribution in [0.3, 0.4) is 0 Å². The molecular weight excluding hydrogens is 467 g/mol. The topological polar surface area (TPSA) is 65.0 Å². The summed E-state index contributed by atoms with van der Waals surface area (Å²) in [6.07, 6.45) is 1.99. The molecule has 0 bridgehead atoms. The monoisotopic (exact) mass is 518 g/mol. The van der Waals surface area contributed by atoms with Crippen LogP contribution in [-0.4, -0.2) is 59.3 Å². The van der Waals surface area contributed by atoms with Crippen molar-refractivity contribution in [1.29, 1.82) is 0 Å². The van der Waals surface area contributed by atoms with Crippen molar-refractivity contribution < 1.29 is 27.9 Å². The molecule has 0 unspecified atom stereocenters. The highest BCUT2D eigenvalue weighted by Crippen LogP contribution is 2.42. The first-order valence-corrected chi connectivity index (χ1v) is 18.6. The van der Waals surface area contributed by atoms with E-state index in [1.807, 2.05) is 6.92 Å². The van der Waals surface area contributed by atoms with Crippen molar-refractivity contribution in [3.05, 3.63) is 11.6 Å². The Balaban J connectivity index is 2.97. The SMILES string of the molecule is C[C@@H](CCO[Si](C)(C)C(C)(C)C)OC(=O)C1=CC[C@@H](O)[C@@H](CCCF)[C@H]1O[Si](C)(C)C(C)(C)C. The number of hydrogen-bond acceptors (Lipinski definition) is 5. The van der Waals surface area contributed by atoms with Crippen LogP contribution in [-0.2, 0) is 18.4 Å². The van der Waals surface area contributed by atoms with Crippen molar-refractivity contribution in [1.82, 2.24) is 0 Å². The third kappa shape index (κ3) is 8.54. The molecule has 0 radical (unpaired) electrons. The van der Waals surface area contributed by atoms with E-state index in [2.05, 4.69) is 67.7 Å². The van der Waals surface area contributed by atoms with Gasteiger partial charge in [-0.05, 0) is 62.5 Å². The standard InChI is InChI=1S/C26H51FO5Si2/c1-19(16-18-30-33(8,9)25(2,3)4)31-24(29)21-14-15-22(28)20(13-12-17-27)23(21)32-34(10,11)26(5,6)7/h14,19-20,22-23,28H,12-13,15-18H2,1-11H3/t19-,20+,22+,23+/m0/s1. The van der Waals surface area contributed by atoms with Gasteiger partial charge >= 0.3 is 5.97 Å². The maximum Gasteiger partial charge on any atom is 0.336 e. The molecule has 0 heterocycles. The van der Waals surface area contributed by atoms with Crippen LogP contribution in [0.15, 0.2) is 11.6 Å². The van der Waals surface area contributed by atoms with Crippen molar-refractivity contribution >= 4 is 22.6 Å². The fourth-order valence-corrected chi connectivity index (χ4v) is 5.83. The Morgan fingerprint density at radius 3 is 2.18 bits per heavy atom. The van der Waals surface area contributed by atoms with Gasteiger partial charge in [-0.15, -0.1) is 0 Å². The second-order valence-electron chi connectivity index (χ2n) is 12.9. The number of halogens is 1. The number of hydrogen-bond donors (Lipinski definition) is 1. The zero-order valence-corrected chi connectivity index (χ0v) is 25.6. The van der Waals surface area contributed by atoms with E-state index >= 15 is 0 Å². The Morgan fingerprint density at radius 1 is 1.12 bits per heavy atom. The maximum atomic E-state index is 13.3. The van der Waals surface area contributed by atoms with Crippen molar-refractivity contribution in [3.8, 4) is 0 Å². The van der Waals surface area contributed by atoms with E-state index in [9.17, 15) is 14.3 Å². The molecule has 0 aromatic heterocycles. The van der Waals surface area contributed by atoms with Crippen molar-refractivity contribution in [2.45, 2.75) is 129 Å². The zero-order chi connectivity index (χ0) is 26.5. The summed E-state index contributed by atoms with van der Waals surface area (Å²) < 4.78 is 31.7. The molecular formula is C26H51FO5Si2. The fourth-order valence-electron chi connectivity index (χ4n) is 3.48. The lowest BCUT2D eigenvalue weighted by Crippen LogP contribution is -2.50. The molecule has 1 rings (SSSR count). The average Bonchev–Trinajstić information content (AvgIpc) is 2.65. The quantitative estimate of drug-likeness (QED) is 0.241. The maximum absolute atomic E-state index is 13.3. The Labute approximate surface area is 210 Å². The fraction of sp³-hybridized carbons (Fsp3) is 0.885. The zero-order valence-electron chi connectivity index (χ0n) is 23.6. The van der Waals surface area contributed by atoms with Gasteiger partial charge in [0, 0.05) is 18.9 Å². The van der Waals surface area contributed by atoms with Gasteiger partial charge in [0.15, 0.2) is 16.6 Å². The Bertz CT molecular complexity index is 694. The summed E-state index contributed by atoms with van der Waals surface area (Å²) in [5.41, 5.74) is 0.469. The summed E-state index contributed by atoms with van der Waals surface area (Å²) in [4.78, 5) is 13.3.